The van der Waals surface area contributed by atoms with Crippen LogP contribution in [0.5, 0.6) is 5.75 Å². The number of carboxylic acids is 2. The Balaban J connectivity index is 0.000000505. The molecule has 38 heavy (non-hydrogen) atoms. The Labute approximate surface area is 220 Å². The van der Waals surface area contributed by atoms with Gasteiger partial charge in [-0.2, -0.15) is 0 Å². The molecule has 9 nitrogen and oxygen atoms in total. The second-order valence-corrected chi connectivity index (χ2v) is 9.02. The van der Waals surface area contributed by atoms with Gasteiger partial charge in [0.15, 0.2) is 0 Å². The van der Waals surface area contributed by atoms with Gasteiger partial charge < -0.3 is 24.4 Å². The number of amides is 1. The monoisotopic (exact) mass is 517 g/mol. The molecule has 198 valence electrons. The number of hydrogen-bond donors (Lipinski definition) is 2. The normalized spacial score (nSPS) is 13.7. The number of nitrogens with zero attached hydrogens (tertiary/aromatic N) is 3. The van der Waals surface area contributed by atoms with Crippen molar-refractivity contribution in [1.82, 2.24) is 14.4 Å². The number of aliphatic carboxylic acids is 2. The lowest BCUT2D eigenvalue weighted by Gasteiger charge is -2.34. The first-order valence-corrected chi connectivity index (χ1v) is 12.4. The van der Waals surface area contributed by atoms with Gasteiger partial charge in [0.25, 0.3) is 5.91 Å². The van der Waals surface area contributed by atoms with Crippen molar-refractivity contribution in [2.45, 2.75) is 20.0 Å². The maximum Gasteiger partial charge on any atom is 0.414 e. The summed E-state index contributed by atoms with van der Waals surface area (Å²) in [5.41, 5.74) is 4.64. The molecule has 2 heterocycles. The number of aromatic nitrogens is 1. The topological polar surface area (TPSA) is 112 Å². The van der Waals surface area contributed by atoms with Gasteiger partial charge in [-0.15, -0.1) is 0 Å². The first-order chi connectivity index (χ1) is 18.3. The number of ether oxygens (including phenoxy) is 1. The van der Waals surface area contributed by atoms with Crippen LogP contribution in [0.2, 0.25) is 0 Å². The van der Waals surface area contributed by atoms with Crippen LogP contribution < -0.4 is 4.74 Å². The lowest BCUT2D eigenvalue weighted by molar-refractivity contribution is -0.159. The lowest BCUT2D eigenvalue weighted by atomic mass is 10.1. The molecule has 0 bridgehead atoms. The minimum atomic E-state index is -1.82. The van der Waals surface area contributed by atoms with E-state index in [1.807, 2.05) is 29.2 Å². The van der Waals surface area contributed by atoms with Gasteiger partial charge in [0.05, 0.1) is 7.11 Å². The number of carbonyl (C=O) groups excluding carboxylic acids is 1. The number of fused-ring (bicyclic) bond motifs is 3. The summed E-state index contributed by atoms with van der Waals surface area (Å²) in [5.74, 6) is -2.78. The smallest absolute Gasteiger partial charge is 0.414 e. The molecular weight excluding hydrogens is 486 g/mol. The zero-order chi connectivity index (χ0) is 27.2. The largest absolute Gasteiger partial charge is 0.497 e. The Morgan fingerprint density at radius 2 is 1.45 bits per heavy atom. The maximum absolute atomic E-state index is 12.8. The number of carboxylic acid groups (broad SMARTS) is 2. The summed E-state index contributed by atoms with van der Waals surface area (Å²) in [6.45, 7) is 7.35. The molecule has 1 saturated heterocycles. The Bertz CT molecular complexity index is 1440. The Morgan fingerprint density at radius 3 is 2.05 bits per heavy atom. The van der Waals surface area contributed by atoms with E-state index in [2.05, 4.69) is 58.9 Å². The predicted octanol–water partition coefficient (Wildman–Crippen LogP) is 3.94. The number of rotatable bonds is 5. The Kier molecular flexibility index (Phi) is 8.28. The third kappa shape index (κ3) is 5.78. The maximum atomic E-state index is 12.8. The van der Waals surface area contributed by atoms with Crippen molar-refractivity contribution < 1.29 is 29.3 Å². The number of methoxy groups -OCH3 is 1. The van der Waals surface area contributed by atoms with Crippen molar-refractivity contribution in [3.8, 4) is 5.75 Å². The number of aryl methyl sites for hydroxylation is 1. The van der Waals surface area contributed by atoms with E-state index in [4.69, 9.17) is 24.5 Å². The Morgan fingerprint density at radius 1 is 0.816 bits per heavy atom. The van der Waals surface area contributed by atoms with Crippen molar-refractivity contribution >= 4 is 39.7 Å². The summed E-state index contributed by atoms with van der Waals surface area (Å²) in [5, 5.41) is 17.4. The molecule has 1 aromatic heterocycles. The summed E-state index contributed by atoms with van der Waals surface area (Å²) >= 11 is 0. The fraction of sp³-hybridized carbons (Fsp3) is 0.276. The Hall–Kier alpha value is -4.37. The molecule has 5 rings (SSSR count). The summed E-state index contributed by atoms with van der Waals surface area (Å²) in [7, 11) is 1.63. The lowest BCUT2D eigenvalue weighted by Crippen LogP contribution is -2.48. The van der Waals surface area contributed by atoms with Gasteiger partial charge in [0.1, 0.15) is 5.75 Å². The van der Waals surface area contributed by atoms with Crippen LogP contribution >= 0.6 is 0 Å². The van der Waals surface area contributed by atoms with Crippen LogP contribution in [0.15, 0.2) is 66.7 Å². The standard InChI is InChI=1S/C27H29N3O2.C2H2O4/c1-3-30-25-7-5-4-6-23(25)24-18-20(8-13-26(24)30)19-28-14-16-29(17-15-28)27(31)21-9-11-22(32-2)12-10-21;3-1(4)2(5)6/h4-13,18H,3,14-17,19H2,1-2H3;(H,3,4)(H,5,6). The summed E-state index contributed by atoms with van der Waals surface area (Å²) in [6, 6.07) is 22.9. The number of piperazine rings is 1. The number of carbonyl (C=O) groups is 3. The van der Waals surface area contributed by atoms with Gasteiger partial charge in [0, 0.05) is 66.6 Å². The average Bonchev–Trinajstić information content (AvgIpc) is 3.26. The second-order valence-electron chi connectivity index (χ2n) is 9.02. The van der Waals surface area contributed by atoms with Gasteiger partial charge in [-0.3, -0.25) is 9.69 Å². The first kappa shape index (κ1) is 26.7. The van der Waals surface area contributed by atoms with Gasteiger partial charge in [-0.25, -0.2) is 9.59 Å². The van der Waals surface area contributed by atoms with Crippen molar-refractivity contribution in [2.75, 3.05) is 33.3 Å². The molecule has 1 aliphatic rings. The van der Waals surface area contributed by atoms with E-state index in [-0.39, 0.29) is 5.91 Å². The number of benzene rings is 3. The predicted molar refractivity (Wildman–Crippen MR) is 145 cm³/mol. The molecule has 9 heteroatoms. The molecule has 0 aliphatic carbocycles. The van der Waals surface area contributed by atoms with Crippen LogP contribution in [0, 0.1) is 0 Å². The van der Waals surface area contributed by atoms with E-state index >= 15 is 0 Å². The molecule has 1 aliphatic heterocycles. The van der Waals surface area contributed by atoms with Crippen molar-refractivity contribution in [1.29, 1.82) is 0 Å². The zero-order valence-corrected chi connectivity index (χ0v) is 21.5. The van der Waals surface area contributed by atoms with E-state index in [1.54, 1.807) is 7.11 Å². The highest BCUT2D eigenvalue weighted by Crippen LogP contribution is 2.30. The molecule has 0 radical (unpaired) electrons. The van der Waals surface area contributed by atoms with Crippen LogP contribution in [0.4, 0.5) is 0 Å². The average molecular weight is 518 g/mol. The van der Waals surface area contributed by atoms with Crippen LogP contribution in [0.1, 0.15) is 22.8 Å². The van der Waals surface area contributed by atoms with Gasteiger partial charge >= 0.3 is 11.9 Å². The molecular formula is C29H31N3O6. The fourth-order valence-electron chi connectivity index (χ4n) is 4.82. The van der Waals surface area contributed by atoms with E-state index in [9.17, 15) is 4.79 Å². The summed E-state index contributed by atoms with van der Waals surface area (Å²) in [6.07, 6.45) is 0. The summed E-state index contributed by atoms with van der Waals surface area (Å²) < 4.78 is 7.58. The molecule has 1 fully saturated rings. The molecule has 0 saturated carbocycles. The third-order valence-electron chi connectivity index (χ3n) is 6.74. The van der Waals surface area contributed by atoms with E-state index in [1.165, 1.54) is 27.4 Å². The third-order valence-corrected chi connectivity index (χ3v) is 6.74. The number of hydrogen-bond acceptors (Lipinski definition) is 5. The SMILES string of the molecule is CCn1c2ccccc2c2cc(CN3CCN(C(=O)c4ccc(OC)cc4)CC3)ccc21.O=C(O)C(=O)O. The van der Waals surface area contributed by atoms with Crippen molar-refractivity contribution in [3.05, 3.63) is 77.9 Å². The van der Waals surface area contributed by atoms with E-state index in [0.29, 0.717) is 0 Å². The van der Waals surface area contributed by atoms with Crippen LogP contribution in [-0.4, -0.2) is 75.7 Å². The first-order valence-electron chi connectivity index (χ1n) is 12.4. The van der Waals surface area contributed by atoms with E-state index in [0.717, 1.165) is 50.6 Å². The molecule has 0 atom stereocenters. The second kappa shape index (κ2) is 11.8. The highest BCUT2D eigenvalue weighted by Gasteiger charge is 2.22. The molecule has 1 amide bonds. The van der Waals surface area contributed by atoms with Crippen LogP contribution in [-0.2, 0) is 22.7 Å². The molecule has 2 N–H and O–H groups in total. The molecule has 0 unspecified atom stereocenters. The minimum Gasteiger partial charge on any atom is -0.497 e. The van der Waals surface area contributed by atoms with Gasteiger partial charge in [-0.1, -0.05) is 24.3 Å². The zero-order valence-electron chi connectivity index (χ0n) is 21.5. The van der Waals surface area contributed by atoms with Crippen molar-refractivity contribution in [3.63, 3.8) is 0 Å². The minimum absolute atomic E-state index is 0.0982. The van der Waals surface area contributed by atoms with Crippen molar-refractivity contribution in [2.24, 2.45) is 0 Å². The van der Waals surface area contributed by atoms with E-state index < -0.39 is 11.9 Å². The van der Waals surface area contributed by atoms with Crippen LogP contribution in [0.3, 0.4) is 0 Å². The molecule has 4 aromatic rings. The highest BCUT2D eigenvalue weighted by atomic mass is 16.5. The van der Waals surface area contributed by atoms with Gasteiger partial charge in [-0.05, 0) is 55.0 Å². The molecule has 3 aromatic carbocycles. The highest BCUT2D eigenvalue weighted by molar-refractivity contribution is 6.27. The summed E-state index contributed by atoms with van der Waals surface area (Å²) in [4.78, 5) is 35.4. The molecule has 0 spiro atoms. The van der Waals surface area contributed by atoms with Crippen LogP contribution in [0.25, 0.3) is 21.8 Å². The fourth-order valence-corrected chi connectivity index (χ4v) is 4.82. The van der Waals surface area contributed by atoms with Gasteiger partial charge in [0.2, 0.25) is 0 Å². The number of para-hydroxylation sites is 1. The quantitative estimate of drug-likeness (QED) is 0.386.